The molecule has 6 heteroatoms. The zero-order valence-corrected chi connectivity index (χ0v) is 12.4. The van der Waals surface area contributed by atoms with Gasteiger partial charge in [-0.05, 0) is 47.0 Å². The summed E-state index contributed by atoms with van der Waals surface area (Å²) in [5.74, 6) is 2.61. The van der Waals surface area contributed by atoms with Crippen molar-refractivity contribution in [3.63, 3.8) is 0 Å². The van der Waals surface area contributed by atoms with Crippen molar-refractivity contribution in [2.75, 3.05) is 12.4 Å². The third-order valence-electron chi connectivity index (χ3n) is 3.03. The van der Waals surface area contributed by atoms with Crippen molar-refractivity contribution in [3.05, 3.63) is 40.4 Å². The van der Waals surface area contributed by atoms with E-state index in [0.29, 0.717) is 22.0 Å². The molecule has 1 aromatic heterocycles. The number of halogens is 2. The van der Waals surface area contributed by atoms with E-state index in [1.54, 1.807) is 19.2 Å². The number of nitrogens with zero attached hydrogens (tertiary/aromatic N) is 2. The minimum atomic E-state index is -0.318. The lowest BCUT2D eigenvalue weighted by Gasteiger charge is -2.10. The number of rotatable bonds is 4. The van der Waals surface area contributed by atoms with E-state index >= 15 is 0 Å². The number of benzene rings is 1. The van der Waals surface area contributed by atoms with Crippen LogP contribution in [0.1, 0.15) is 24.6 Å². The number of hydrogen-bond donors (Lipinski definition) is 1. The van der Waals surface area contributed by atoms with Crippen LogP contribution in [0.15, 0.2) is 28.7 Å². The van der Waals surface area contributed by atoms with Crippen LogP contribution in [-0.4, -0.2) is 17.0 Å². The number of nitrogens with one attached hydrogen (secondary N) is 1. The first-order chi connectivity index (χ1) is 9.65. The monoisotopic (exact) mass is 337 g/mol. The molecule has 1 saturated carbocycles. The summed E-state index contributed by atoms with van der Waals surface area (Å²) >= 11 is 3.28. The van der Waals surface area contributed by atoms with Gasteiger partial charge in [0.25, 0.3) is 0 Å². The number of hydrogen-bond acceptors (Lipinski definition) is 4. The van der Waals surface area contributed by atoms with Crippen molar-refractivity contribution < 1.29 is 9.13 Å². The highest BCUT2D eigenvalue weighted by Crippen LogP contribution is 2.39. The molecule has 0 atom stereocenters. The molecule has 1 heterocycles. The maximum atomic E-state index is 13.1. The standard InChI is InChI=1S/C14H13BrFN3O/c1-17-12-7-13(19-14(18-12)8-2-3-8)20-11-5-4-9(16)6-10(11)15/h4-8H,2-3H2,1H3,(H,17,18,19). The van der Waals surface area contributed by atoms with Crippen LogP contribution in [0.3, 0.4) is 0 Å². The van der Waals surface area contributed by atoms with E-state index in [2.05, 4.69) is 31.2 Å². The highest BCUT2D eigenvalue weighted by Gasteiger charge is 2.27. The lowest BCUT2D eigenvalue weighted by atomic mass is 10.3. The zero-order chi connectivity index (χ0) is 14.1. The Kier molecular flexibility index (Phi) is 3.56. The first-order valence-electron chi connectivity index (χ1n) is 6.35. The van der Waals surface area contributed by atoms with Crippen LogP contribution in [0, 0.1) is 5.82 Å². The maximum absolute atomic E-state index is 13.1. The molecule has 0 radical (unpaired) electrons. The minimum Gasteiger partial charge on any atom is -0.438 e. The maximum Gasteiger partial charge on any atom is 0.224 e. The van der Waals surface area contributed by atoms with Crippen molar-refractivity contribution in [1.29, 1.82) is 0 Å². The van der Waals surface area contributed by atoms with Gasteiger partial charge in [-0.15, -0.1) is 0 Å². The molecule has 20 heavy (non-hydrogen) atoms. The molecular formula is C14H13BrFN3O. The van der Waals surface area contributed by atoms with E-state index in [1.807, 2.05) is 0 Å². The van der Waals surface area contributed by atoms with Crippen LogP contribution < -0.4 is 10.1 Å². The lowest BCUT2D eigenvalue weighted by Crippen LogP contribution is -2.01. The largest absolute Gasteiger partial charge is 0.438 e. The first-order valence-corrected chi connectivity index (χ1v) is 7.14. The molecular weight excluding hydrogens is 325 g/mol. The van der Waals surface area contributed by atoms with E-state index in [4.69, 9.17) is 4.74 Å². The van der Waals surface area contributed by atoms with Crippen LogP contribution >= 0.6 is 15.9 Å². The van der Waals surface area contributed by atoms with Gasteiger partial charge in [0, 0.05) is 19.0 Å². The molecule has 1 N–H and O–H groups in total. The Balaban J connectivity index is 1.91. The van der Waals surface area contributed by atoms with E-state index in [9.17, 15) is 4.39 Å². The van der Waals surface area contributed by atoms with Gasteiger partial charge in [0.2, 0.25) is 5.88 Å². The van der Waals surface area contributed by atoms with Gasteiger partial charge in [-0.2, -0.15) is 4.98 Å². The van der Waals surface area contributed by atoms with E-state index in [0.717, 1.165) is 24.5 Å². The van der Waals surface area contributed by atoms with Crippen LogP contribution in [0.4, 0.5) is 10.2 Å². The van der Waals surface area contributed by atoms with Crippen LogP contribution in [0.25, 0.3) is 0 Å². The van der Waals surface area contributed by atoms with Gasteiger partial charge in [0.1, 0.15) is 23.2 Å². The molecule has 3 rings (SSSR count). The van der Waals surface area contributed by atoms with Crippen LogP contribution in [-0.2, 0) is 0 Å². The first kappa shape index (κ1) is 13.3. The molecule has 4 nitrogen and oxygen atoms in total. The fourth-order valence-electron chi connectivity index (χ4n) is 1.82. The Morgan fingerprint density at radius 1 is 1.30 bits per heavy atom. The van der Waals surface area contributed by atoms with Crippen molar-refractivity contribution in [2.24, 2.45) is 0 Å². The molecule has 0 bridgehead atoms. The predicted octanol–water partition coefficient (Wildman–Crippen LogP) is 4.09. The summed E-state index contributed by atoms with van der Waals surface area (Å²) in [6.07, 6.45) is 2.24. The van der Waals surface area contributed by atoms with Crippen molar-refractivity contribution in [1.82, 2.24) is 9.97 Å². The Morgan fingerprint density at radius 3 is 2.75 bits per heavy atom. The molecule has 0 spiro atoms. The Hall–Kier alpha value is -1.69. The van der Waals surface area contributed by atoms with E-state index in [-0.39, 0.29) is 5.82 Å². The van der Waals surface area contributed by atoms with Gasteiger partial charge in [0.05, 0.1) is 4.47 Å². The topological polar surface area (TPSA) is 47.0 Å². The van der Waals surface area contributed by atoms with Gasteiger partial charge < -0.3 is 10.1 Å². The second-order valence-corrected chi connectivity index (χ2v) is 5.51. The van der Waals surface area contributed by atoms with Crippen molar-refractivity contribution in [3.8, 4) is 11.6 Å². The smallest absolute Gasteiger partial charge is 0.224 e. The zero-order valence-electron chi connectivity index (χ0n) is 10.9. The summed E-state index contributed by atoms with van der Waals surface area (Å²) in [5.41, 5.74) is 0. The SMILES string of the molecule is CNc1cc(Oc2ccc(F)cc2Br)nc(C2CC2)n1. The molecule has 0 unspecified atom stereocenters. The normalized spacial score (nSPS) is 14.2. The highest BCUT2D eigenvalue weighted by molar-refractivity contribution is 9.10. The summed E-state index contributed by atoms with van der Waals surface area (Å²) in [7, 11) is 1.80. The van der Waals surface area contributed by atoms with Gasteiger partial charge in [-0.25, -0.2) is 9.37 Å². The number of aromatic nitrogens is 2. The highest BCUT2D eigenvalue weighted by atomic mass is 79.9. The van der Waals surface area contributed by atoms with E-state index in [1.165, 1.54) is 12.1 Å². The van der Waals surface area contributed by atoms with Crippen molar-refractivity contribution in [2.45, 2.75) is 18.8 Å². The summed E-state index contributed by atoms with van der Waals surface area (Å²) < 4.78 is 19.3. The Morgan fingerprint density at radius 2 is 2.10 bits per heavy atom. The second-order valence-electron chi connectivity index (χ2n) is 4.65. The fourth-order valence-corrected chi connectivity index (χ4v) is 2.25. The summed E-state index contributed by atoms with van der Waals surface area (Å²) in [5, 5.41) is 3.00. The average molecular weight is 338 g/mol. The third kappa shape index (κ3) is 2.90. The number of anilines is 1. The Bertz CT molecular complexity index is 646. The molecule has 104 valence electrons. The van der Waals surface area contributed by atoms with E-state index < -0.39 is 0 Å². The number of ether oxygens (including phenoxy) is 1. The molecule has 1 aliphatic rings. The summed E-state index contributed by atoms with van der Waals surface area (Å²) in [6.45, 7) is 0. The Labute approximate surface area is 124 Å². The van der Waals surface area contributed by atoms with Gasteiger partial charge in [-0.1, -0.05) is 0 Å². The summed E-state index contributed by atoms with van der Waals surface area (Å²) in [6, 6.07) is 6.00. The molecule has 1 aromatic carbocycles. The molecule has 0 aliphatic heterocycles. The summed E-state index contributed by atoms with van der Waals surface area (Å²) in [4.78, 5) is 8.83. The molecule has 0 amide bonds. The van der Waals surface area contributed by atoms with Gasteiger partial charge >= 0.3 is 0 Å². The van der Waals surface area contributed by atoms with Crippen molar-refractivity contribution >= 4 is 21.7 Å². The predicted molar refractivity (Wildman–Crippen MR) is 77.7 cm³/mol. The molecule has 0 saturated heterocycles. The quantitative estimate of drug-likeness (QED) is 0.912. The fraction of sp³-hybridized carbons (Fsp3) is 0.286. The third-order valence-corrected chi connectivity index (χ3v) is 3.65. The molecule has 1 fully saturated rings. The average Bonchev–Trinajstić information content (AvgIpc) is 3.26. The van der Waals surface area contributed by atoms with Crippen LogP contribution in [0.2, 0.25) is 0 Å². The van der Waals surface area contributed by atoms with Gasteiger partial charge in [0.15, 0.2) is 0 Å². The molecule has 2 aromatic rings. The van der Waals surface area contributed by atoms with Crippen LogP contribution in [0.5, 0.6) is 11.6 Å². The molecule has 1 aliphatic carbocycles. The second kappa shape index (κ2) is 5.36. The lowest BCUT2D eigenvalue weighted by molar-refractivity contribution is 0.454. The van der Waals surface area contributed by atoms with Gasteiger partial charge in [-0.3, -0.25) is 0 Å². The minimum absolute atomic E-state index is 0.318.